The number of halogens is 1. The largest absolute Gasteiger partial charge is 0.370 e. The van der Waals surface area contributed by atoms with Crippen molar-refractivity contribution in [1.29, 1.82) is 0 Å². The van der Waals surface area contributed by atoms with Gasteiger partial charge in [0, 0.05) is 12.6 Å². The molecule has 0 fully saturated rings. The van der Waals surface area contributed by atoms with E-state index in [1.165, 1.54) is 12.3 Å². The summed E-state index contributed by atoms with van der Waals surface area (Å²) in [4.78, 5) is 4.21. The Labute approximate surface area is 118 Å². The molecule has 3 heterocycles. The van der Waals surface area contributed by atoms with E-state index in [0.717, 1.165) is 36.6 Å². The molecule has 1 atom stereocenters. The molecule has 4 nitrogen and oxygen atoms in total. The molecule has 106 valence electrons. The molecule has 0 bridgehead atoms. The molecule has 1 aliphatic rings. The summed E-state index contributed by atoms with van der Waals surface area (Å²) in [6.07, 6.45) is 3.15. The average Bonchev–Trinajstić information content (AvgIpc) is 2.80. The van der Waals surface area contributed by atoms with E-state index < -0.39 is 0 Å². The number of nitrogens with zero attached hydrogens (tertiary/aromatic N) is 3. The van der Waals surface area contributed by atoms with E-state index in [1.54, 1.807) is 6.07 Å². The Morgan fingerprint density at radius 1 is 1.45 bits per heavy atom. The fourth-order valence-corrected chi connectivity index (χ4v) is 2.65. The molecule has 0 radical (unpaired) electrons. The molecule has 2 aromatic rings. The Bertz CT molecular complexity index is 588. The van der Waals surface area contributed by atoms with Gasteiger partial charge in [0.1, 0.15) is 11.6 Å². The number of pyridine rings is 1. The molecule has 0 spiro atoms. The highest BCUT2D eigenvalue weighted by molar-refractivity contribution is 5.40. The maximum absolute atomic E-state index is 13.0. The number of fused-ring (bicyclic) bond motifs is 1. The predicted octanol–water partition coefficient (Wildman–Crippen LogP) is 3.02. The second-order valence-corrected chi connectivity index (χ2v) is 5.70. The Morgan fingerprint density at radius 2 is 2.30 bits per heavy atom. The summed E-state index contributed by atoms with van der Waals surface area (Å²) in [6.45, 7) is 5.26. The Hall–Kier alpha value is -1.91. The van der Waals surface area contributed by atoms with Crippen LogP contribution in [0.4, 0.5) is 10.2 Å². The van der Waals surface area contributed by atoms with Gasteiger partial charge < -0.3 is 5.32 Å². The topological polar surface area (TPSA) is 42.7 Å². The van der Waals surface area contributed by atoms with E-state index in [1.807, 2.05) is 4.68 Å². The van der Waals surface area contributed by atoms with Gasteiger partial charge in [0.05, 0.1) is 23.6 Å². The lowest BCUT2D eigenvalue weighted by molar-refractivity contribution is 0.463. The maximum Gasteiger partial charge on any atom is 0.141 e. The van der Waals surface area contributed by atoms with Gasteiger partial charge in [0.25, 0.3) is 0 Å². The summed E-state index contributed by atoms with van der Waals surface area (Å²) in [5.74, 6) is 1.31. The van der Waals surface area contributed by atoms with Crippen LogP contribution in [-0.4, -0.2) is 21.3 Å². The summed E-state index contributed by atoms with van der Waals surface area (Å²) in [5, 5.41) is 8.06. The van der Waals surface area contributed by atoms with Crippen LogP contribution in [0.25, 0.3) is 0 Å². The SMILES string of the molecule is CC(C)Cc1cc2n(n1)C(c1ccc(F)cn1)CCN2. The second-order valence-electron chi connectivity index (χ2n) is 5.70. The molecular formula is C15H19FN4. The van der Waals surface area contributed by atoms with Gasteiger partial charge in [-0.2, -0.15) is 5.10 Å². The van der Waals surface area contributed by atoms with Crippen LogP contribution in [0.3, 0.4) is 0 Å². The Kier molecular flexibility index (Phi) is 3.42. The summed E-state index contributed by atoms with van der Waals surface area (Å²) in [6, 6.07) is 5.41. The Morgan fingerprint density at radius 3 is 3.00 bits per heavy atom. The van der Waals surface area contributed by atoms with E-state index in [-0.39, 0.29) is 11.9 Å². The molecule has 2 aromatic heterocycles. The number of aromatic nitrogens is 3. The molecule has 0 amide bonds. The van der Waals surface area contributed by atoms with Crippen LogP contribution in [0.1, 0.15) is 37.7 Å². The van der Waals surface area contributed by atoms with E-state index in [2.05, 4.69) is 30.2 Å². The van der Waals surface area contributed by atoms with E-state index in [0.29, 0.717) is 5.92 Å². The number of rotatable bonds is 3. The molecule has 0 aromatic carbocycles. The third-order valence-electron chi connectivity index (χ3n) is 3.51. The summed E-state index contributed by atoms with van der Waals surface area (Å²) in [7, 11) is 0. The molecular weight excluding hydrogens is 255 g/mol. The summed E-state index contributed by atoms with van der Waals surface area (Å²) in [5.41, 5.74) is 1.96. The summed E-state index contributed by atoms with van der Waals surface area (Å²) >= 11 is 0. The normalized spacial score (nSPS) is 17.9. The number of nitrogens with one attached hydrogen (secondary N) is 1. The van der Waals surface area contributed by atoms with Crippen LogP contribution in [0.2, 0.25) is 0 Å². The quantitative estimate of drug-likeness (QED) is 0.935. The average molecular weight is 274 g/mol. The highest BCUT2D eigenvalue weighted by Gasteiger charge is 2.24. The second kappa shape index (κ2) is 5.23. The minimum atomic E-state index is -0.302. The van der Waals surface area contributed by atoms with Gasteiger partial charge in [-0.05, 0) is 30.9 Å². The number of anilines is 1. The fraction of sp³-hybridized carbons (Fsp3) is 0.467. The maximum atomic E-state index is 13.0. The van der Waals surface area contributed by atoms with Gasteiger partial charge in [0.15, 0.2) is 0 Å². The van der Waals surface area contributed by atoms with Crippen LogP contribution in [0, 0.1) is 11.7 Å². The zero-order valence-electron chi connectivity index (χ0n) is 11.8. The van der Waals surface area contributed by atoms with E-state index >= 15 is 0 Å². The van der Waals surface area contributed by atoms with Gasteiger partial charge >= 0.3 is 0 Å². The number of hydrogen-bond donors (Lipinski definition) is 1. The molecule has 0 aliphatic carbocycles. The van der Waals surface area contributed by atoms with Crippen molar-refractivity contribution in [2.45, 2.75) is 32.7 Å². The van der Waals surface area contributed by atoms with Gasteiger partial charge in [-0.25, -0.2) is 9.07 Å². The third kappa shape index (κ3) is 2.53. The van der Waals surface area contributed by atoms with Crippen molar-refractivity contribution >= 4 is 5.82 Å². The lowest BCUT2D eigenvalue weighted by Crippen LogP contribution is -2.25. The summed E-state index contributed by atoms with van der Waals surface area (Å²) < 4.78 is 15.0. The molecule has 3 rings (SSSR count). The van der Waals surface area contributed by atoms with Crippen molar-refractivity contribution in [3.63, 3.8) is 0 Å². The monoisotopic (exact) mass is 274 g/mol. The van der Waals surface area contributed by atoms with Crippen molar-refractivity contribution in [3.05, 3.63) is 41.6 Å². The minimum absolute atomic E-state index is 0.0905. The Balaban J connectivity index is 1.92. The first-order valence-corrected chi connectivity index (χ1v) is 7.07. The van der Waals surface area contributed by atoms with Crippen LogP contribution in [-0.2, 0) is 6.42 Å². The van der Waals surface area contributed by atoms with Gasteiger partial charge in [-0.1, -0.05) is 13.8 Å². The van der Waals surface area contributed by atoms with Gasteiger partial charge in [-0.15, -0.1) is 0 Å². The highest BCUT2D eigenvalue weighted by atomic mass is 19.1. The predicted molar refractivity (Wildman–Crippen MR) is 76.2 cm³/mol. The zero-order valence-corrected chi connectivity index (χ0v) is 11.8. The lowest BCUT2D eigenvalue weighted by atomic mass is 10.1. The first-order valence-electron chi connectivity index (χ1n) is 7.07. The van der Waals surface area contributed by atoms with Crippen molar-refractivity contribution < 1.29 is 4.39 Å². The van der Waals surface area contributed by atoms with Crippen molar-refractivity contribution in [1.82, 2.24) is 14.8 Å². The van der Waals surface area contributed by atoms with Crippen molar-refractivity contribution in [2.75, 3.05) is 11.9 Å². The van der Waals surface area contributed by atoms with Gasteiger partial charge in [-0.3, -0.25) is 4.98 Å². The zero-order chi connectivity index (χ0) is 14.1. The van der Waals surface area contributed by atoms with Crippen LogP contribution in [0.15, 0.2) is 24.4 Å². The minimum Gasteiger partial charge on any atom is -0.370 e. The highest BCUT2D eigenvalue weighted by Crippen LogP contribution is 2.29. The standard InChI is InChI=1S/C15H19FN4/c1-10(2)7-12-8-15-17-6-5-14(20(15)19-12)13-4-3-11(16)9-18-13/h3-4,8-10,14,17H,5-7H2,1-2H3. The molecule has 5 heteroatoms. The molecule has 1 unspecified atom stereocenters. The van der Waals surface area contributed by atoms with E-state index in [4.69, 9.17) is 5.10 Å². The van der Waals surface area contributed by atoms with Crippen molar-refractivity contribution in [3.8, 4) is 0 Å². The first kappa shape index (κ1) is 13.1. The molecule has 20 heavy (non-hydrogen) atoms. The first-order chi connectivity index (χ1) is 9.63. The lowest BCUT2D eigenvalue weighted by Gasteiger charge is -2.25. The van der Waals surface area contributed by atoms with Gasteiger partial charge in [0.2, 0.25) is 0 Å². The molecule has 1 N–H and O–H groups in total. The number of hydrogen-bond acceptors (Lipinski definition) is 3. The third-order valence-corrected chi connectivity index (χ3v) is 3.51. The van der Waals surface area contributed by atoms with Crippen LogP contribution < -0.4 is 5.32 Å². The smallest absolute Gasteiger partial charge is 0.141 e. The van der Waals surface area contributed by atoms with Crippen LogP contribution >= 0.6 is 0 Å². The fourth-order valence-electron chi connectivity index (χ4n) is 2.65. The van der Waals surface area contributed by atoms with E-state index in [9.17, 15) is 4.39 Å². The van der Waals surface area contributed by atoms with Crippen LogP contribution in [0.5, 0.6) is 0 Å². The molecule has 1 aliphatic heterocycles. The molecule has 0 saturated carbocycles. The molecule has 0 saturated heterocycles. The van der Waals surface area contributed by atoms with Crippen molar-refractivity contribution in [2.24, 2.45) is 5.92 Å².